The molecule has 2 N–H and O–H groups in total. The molecule has 0 spiro atoms. The van der Waals surface area contributed by atoms with E-state index in [2.05, 4.69) is 36.3 Å². The van der Waals surface area contributed by atoms with E-state index in [-0.39, 0.29) is 6.61 Å². The maximum Gasteiger partial charge on any atom is 0.0456 e. The summed E-state index contributed by atoms with van der Waals surface area (Å²) >= 11 is 0. The highest BCUT2D eigenvalue weighted by Crippen LogP contribution is 2.20. The highest BCUT2D eigenvalue weighted by Gasteiger charge is 2.05. The zero-order valence-electron chi connectivity index (χ0n) is 9.03. The molecule has 0 aliphatic carbocycles. The number of fused-ring (bicyclic) bond motifs is 1. The van der Waals surface area contributed by atoms with Gasteiger partial charge in [0.1, 0.15) is 0 Å². The van der Waals surface area contributed by atoms with Crippen molar-refractivity contribution in [2.24, 2.45) is 5.92 Å². The molecule has 80 valence electrons. The smallest absolute Gasteiger partial charge is 0.0456 e. The van der Waals surface area contributed by atoms with Crippen molar-refractivity contribution in [2.45, 2.75) is 19.8 Å². The Balaban J connectivity index is 2.14. The number of aliphatic hydroxyl groups excluding tert-OH is 1. The second-order valence-electron chi connectivity index (χ2n) is 4.19. The van der Waals surface area contributed by atoms with Gasteiger partial charge in [-0.15, -0.1) is 0 Å². The highest BCUT2D eigenvalue weighted by atomic mass is 16.3. The van der Waals surface area contributed by atoms with E-state index in [0.29, 0.717) is 5.92 Å². The first-order chi connectivity index (χ1) is 7.31. The minimum absolute atomic E-state index is 0.280. The fourth-order valence-electron chi connectivity index (χ4n) is 1.83. The zero-order valence-corrected chi connectivity index (χ0v) is 9.03. The van der Waals surface area contributed by atoms with Gasteiger partial charge in [0.15, 0.2) is 0 Å². The Hall–Kier alpha value is -1.28. The van der Waals surface area contributed by atoms with Crippen LogP contribution in [-0.2, 0) is 6.42 Å². The summed E-state index contributed by atoms with van der Waals surface area (Å²) in [5.41, 5.74) is 2.55. The van der Waals surface area contributed by atoms with Crippen LogP contribution in [0.25, 0.3) is 10.9 Å². The summed E-state index contributed by atoms with van der Waals surface area (Å²) in [6.07, 6.45) is 4.15. The van der Waals surface area contributed by atoms with Gasteiger partial charge in [-0.2, -0.15) is 0 Å². The van der Waals surface area contributed by atoms with Gasteiger partial charge in [0.25, 0.3) is 0 Å². The van der Waals surface area contributed by atoms with Gasteiger partial charge in [0, 0.05) is 23.7 Å². The molecule has 0 saturated heterocycles. The van der Waals surface area contributed by atoms with Gasteiger partial charge in [0.05, 0.1) is 0 Å². The minimum Gasteiger partial charge on any atom is -0.396 e. The number of aryl methyl sites for hydroxylation is 1. The van der Waals surface area contributed by atoms with Gasteiger partial charge in [-0.05, 0) is 30.4 Å². The number of aromatic nitrogens is 1. The number of H-pyrrole nitrogens is 1. The molecular weight excluding hydrogens is 186 g/mol. The maximum absolute atomic E-state index is 8.97. The molecule has 0 fully saturated rings. The van der Waals surface area contributed by atoms with Crippen molar-refractivity contribution in [2.75, 3.05) is 6.61 Å². The summed E-state index contributed by atoms with van der Waals surface area (Å²) in [4.78, 5) is 3.27. The molecule has 15 heavy (non-hydrogen) atoms. The van der Waals surface area contributed by atoms with Gasteiger partial charge < -0.3 is 10.1 Å². The molecule has 0 amide bonds. The van der Waals surface area contributed by atoms with E-state index in [1.54, 1.807) is 0 Å². The molecule has 1 atom stereocenters. The predicted octanol–water partition coefficient (Wildman–Crippen LogP) is 2.73. The number of rotatable bonds is 4. The van der Waals surface area contributed by atoms with Gasteiger partial charge in [-0.25, -0.2) is 0 Å². The fourth-order valence-corrected chi connectivity index (χ4v) is 1.83. The second-order valence-corrected chi connectivity index (χ2v) is 4.19. The van der Waals surface area contributed by atoms with E-state index < -0.39 is 0 Å². The Morgan fingerprint density at radius 2 is 2.13 bits per heavy atom. The topological polar surface area (TPSA) is 36.0 Å². The zero-order chi connectivity index (χ0) is 10.7. The van der Waals surface area contributed by atoms with Gasteiger partial charge in [0.2, 0.25) is 0 Å². The largest absolute Gasteiger partial charge is 0.396 e. The van der Waals surface area contributed by atoms with Crippen molar-refractivity contribution in [1.82, 2.24) is 4.98 Å². The van der Waals surface area contributed by atoms with Crippen LogP contribution < -0.4 is 0 Å². The first-order valence-electron chi connectivity index (χ1n) is 5.47. The Morgan fingerprint density at radius 3 is 2.93 bits per heavy atom. The number of benzene rings is 1. The van der Waals surface area contributed by atoms with Crippen molar-refractivity contribution >= 4 is 10.9 Å². The van der Waals surface area contributed by atoms with Crippen LogP contribution in [0.3, 0.4) is 0 Å². The van der Waals surface area contributed by atoms with Crippen molar-refractivity contribution in [3.05, 3.63) is 36.0 Å². The highest BCUT2D eigenvalue weighted by molar-refractivity contribution is 5.82. The normalized spacial score (nSPS) is 13.2. The lowest BCUT2D eigenvalue weighted by atomic mass is 10.0. The molecule has 0 saturated carbocycles. The standard InChI is InChI=1S/C13H17NO/c1-10(9-15)6-7-11-8-14-13-5-3-2-4-12(11)13/h2-5,8,10,14-15H,6-7,9H2,1H3/t10-/m1/s1. The molecule has 0 unspecified atom stereocenters. The van der Waals surface area contributed by atoms with E-state index in [1.807, 2.05) is 6.07 Å². The van der Waals surface area contributed by atoms with E-state index in [1.165, 1.54) is 16.5 Å². The SMILES string of the molecule is C[C@@H](CO)CCc1c[nH]c2ccccc12. The lowest BCUT2D eigenvalue weighted by Crippen LogP contribution is -2.01. The van der Waals surface area contributed by atoms with Crippen LogP contribution in [0.1, 0.15) is 18.9 Å². The van der Waals surface area contributed by atoms with E-state index >= 15 is 0 Å². The second kappa shape index (κ2) is 4.49. The summed E-state index contributed by atoms with van der Waals surface area (Å²) in [5.74, 6) is 0.388. The Bertz CT molecular complexity index is 433. The van der Waals surface area contributed by atoms with Crippen LogP contribution >= 0.6 is 0 Å². The summed E-state index contributed by atoms with van der Waals surface area (Å²) in [7, 11) is 0. The number of hydrogen-bond donors (Lipinski definition) is 2. The van der Waals surface area contributed by atoms with Crippen LogP contribution in [-0.4, -0.2) is 16.7 Å². The summed E-state index contributed by atoms with van der Waals surface area (Å²) in [6, 6.07) is 8.34. The van der Waals surface area contributed by atoms with Crippen molar-refractivity contribution < 1.29 is 5.11 Å². The van der Waals surface area contributed by atoms with E-state index in [9.17, 15) is 0 Å². The van der Waals surface area contributed by atoms with Crippen molar-refractivity contribution in [3.63, 3.8) is 0 Å². The summed E-state index contributed by atoms with van der Waals surface area (Å²) in [5, 5.41) is 10.3. The first-order valence-corrected chi connectivity index (χ1v) is 5.47. The predicted molar refractivity (Wildman–Crippen MR) is 62.9 cm³/mol. The third-order valence-corrected chi connectivity index (χ3v) is 2.89. The molecular formula is C13H17NO. The molecule has 2 nitrogen and oxygen atoms in total. The minimum atomic E-state index is 0.280. The van der Waals surface area contributed by atoms with Crippen LogP contribution in [0.15, 0.2) is 30.5 Å². The van der Waals surface area contributed by atoms with E-state index in [0.717, 1.165) is 12.8 Å². The number of nitrogens with one attached hydrogen (secondary N) is 1. The molecule has 2 heteroatoms. The van der Waals surface area contributed by atoms with Crippen LogP contribution in [0.4, 0.5) is 0 Å². The molecule has 2 rings (SSSR count). The average molecular weight is 203 g/mol. The Kier molecular flexibility index (Phi) is 3.07. The molecule has 0 aliphatic rings. The molecule has 2 aromatic rings. The molecule has 0 bridgehead atoms. The number of para-hydroxylation sites is 1. The lowest BCUT2D eigenvalue weighted by molar-refractivity contribution is 0.230. The number of aromatic amines is 1. The Morgan fingerprint density at radius 1 is 1.33 bits per heavy atom. The van der Waals surface area contributed by atoms with E-state index in [4.69, 9.17) is 5.11 Å². The summed E-state index contributed by atoms with van der Waals surface area (Å²) in [6.45, 7) is 2.36. The molecule has 1 heterocycles. The third-order valence-electron chi connectivity index (χ3n) is 2.89. The van der Waals surface area contributed by atoms with Gasteiger partial charge in [-0.1, -0.05) is 25.1 Å². The molecule has 0 radical (unpaired) electrons. The summed E-state index contributed by atoms with van der Waals surface area (Å²) < 4.78 is 0. The van der Waals surface area contributed by atoms with Crippen LogP contribution in [0, 0.1) is 5.92 Å². The molecule has 1 aromatic carbocycles. The van der Waals surface area contributed by atoms with Gasteiger partial charge >= 0.3 is 0 Å². The average Bonchev–Trinajstić information content (AvgIpc) is 2.69. The molecule has 0 aliphatic heterocycles. The number of hydrogen-bond acceptors (Lipinski definition) is 1. The maximum atomic E-state index is 8.97. The third kappa shape index (κ3) is 2.21. The lowest BCUT2D eigenvalue weighted by Gasteiger charge is -2.06. The quantitative estimate of drug-likeness (QED) is 0.787. The van der Waals surface area contributed by atoms with Gasteiger partial charge in [-0.3, -0.25) is 0 Å². The Labute approximate surface area is 89.9 Å². The van der Waals surface area contributed by atoms with Crippen molar-refractivity contribution in [3.8, 4) is 0 Å². The first kappa shape index (κ1) is 10.2. The monoisotopic (exact) mass is 203 g/mol. The number of aliphatic hydroxyl groups is 1. The van der Waals surface area contributed by atoms with Crippen LogP contribution in [0.5, 0.6) is 0 Å². The molecule has 1 aromatic heterocycles. The fraction of sp³-hybridized carbons (Fsp3) is 0.385. The van der Waals surface area contributed by atoms with Crippen LogP contribution in [0.2, 0.25) is 0 Å². The van der Waals surface area contributed by atoms with Crippen molar-refractivity contribution in [1.29, 1.82) is 0 Å².